The van der Waals surface area contributed by atoms with Crippen molar-refractivity contribution < 1.29 is 22.7 Å². The summed E-state index contributed by atoms with van der Waals surface area (Å²) in [5.41, 5.74) is 1.52. The van der Waals surface area contributed by atoms with Crippen LogP contribution in [0.25, 0.3) is 0 Å². The van der Waals surface area contributed by atoms with Crippen LogP contribution < -0.4 is 0 Å². The Labute approximate surface area is 269 Å². The van der Waals surface area contributed by atoms with E-state index < -0.39 is 21.7 Å². The highest BCUT2D eigenvalue weighted by Crippen LogP contribution is 2.70. The quantitative estimate of drug-likeness (QED) is 0.138. The topological polar surface area (TPSA) is 93.1 Å². The predicted molar refractivity (Wildman–Crippen MR) is 178 cm³/mol. The molecule has 1 saturated heterocycles. The largest absolute Gasteiger partial charge is 0.460 e. The summed E-state index contributed by atoms with van der Waals surface area (Å²) in [5.74, 6) is -0.0713. The molecule has 0 aromatic heterocycles. The normalized spacial score (nSPS) is 25.0. The van der Waals surface area contributed by atoms with Crippen LogP contribution in [0.4, 0.5) is 0 Å². The standard InChI is InChI=1S/C37H50N2O5S/c1-35(2,3)44-32(40)22-16-8-6-7-15-21-30(38-33(27-17-11-9-12-18-27)28-19-13-10-14-20-28)34(41)39-31-25-29-23-24-37(31,36(29,4)5)26-45(39,42)43/h9-14,17-20,29-31H,6-8,15-16,21-26H2,1-5H3/t29-,30+,31-,37-/m1/s1. The summed E-state index contributed by atoms with van der Waals surface area (Å²) >= 11 is 0. The molecule has 5 rings (SSSR count). The molecule has 7 nitrogen and oxygen atoms in total. The molecule has 8 heteroatoms. The molecule has 0 unspecified atom stereocenters. The van der Waals surface area contributed by atoms with Gasteiger partial charge in [0, 0.05) is 23.0 Å². The van der Waals surface area contributed by atoms with Crippen molar-refractivity contribution in [1.82, 2.24) is 4.31 Å². The number of rotatable bonds is 12. The molecule has 1 heterocycles. The molecule has 2 aromatic carbocycles. The Bertz CT molecular complexity index is 1450. The molecule has 0 radical (unpaired) electrons. The first kappa shape index (κ1) is 33.4. The van der Waals surface area contributed by atoms with Crippen molar-refractivity contribution in [3.05, 3.63) is 71.8 Å². The molecule has 0 N–H and O–H groups in total. The number of sulfonamides is 1. The van der Waals surface area contributed by atoms with Gasteiger partial charge in [-0.1, -0.05) is 100 Å². The Kier molecular flexibility index (Phi) is 9.65. The third-order valence-corrected chi connectivity index (χ3v) is 12.5. The van der Waals surface area contributed by atoms with Crippen LogP contribution in [0, 0.1) is 16.7 Å². The number of hydrogen-bond acceptors (Lipinski definition) is 6. The van der Waals surface area contributed by atoms with Gasteiger partial charge < -0.3 is 4.74 Å². The second kappa shape index (κ2) is 13.0. The Morgan fingerprint density at radius 1 is 0.933 bits per heavy atom. The number of fused-ring (bicyclic) bond motifs is 1. The van der Waals surface area contributed by atoms with Gasteiger partial charge in [-0.3, -0.25) is 14.6 Å². The molecular formula is C37H50N2O5S. The van der Waals surface area contributed by atoms with Crippen LogP contribution in [-0.4, -0.2) is 53.7 Å². The number of amides is 1. The van der Waals surface area contributed by atoms with Crippen molar-refractivity contribution in [2.24, 2.45) is 21.7 Å². The van der Waals surface area contributed by atoms with Crippen molar-refractivity contribution >= 4 is 27.6 Å². The number of nitrogens with zero attached hydrogens (tertiary/aromatic N) is 2. The highest BCUT2D eigenvalue weighted by molar-refractivity contribution is 7.90. The maximum atomic E-state index is 14.5. The van der Waals surface area contributed by atoms with Gasteiger partial charge >= 0.3 is 5.97 Å². The summed E-state index contributed by atoms with van der Waals surface area (Å²) in [6, 6.07) is 18.5. The highest BCUT2D eigenvalue weighted by atomic mass is 32.2. The van der Waals surface area contributed by atoms with Crippen molar-refractivity contribution in [3.63, 3.8) is 0 Å². The number of carbonyl (C=O) groups excluding carboxylic acids is 2. The molecule has 1 amide bonds. The summed E-state index contributed by atoms with van der Waals surface area (Å²) < 4.78 is 34.4. The van der Waals surface area contributed by atoms with Crippen LogP contribution in [0.15, 0.2) is 65.7 Å². The Morgan fingerprint density at radius 3 is 2.09 bits per heavy atom. The molecule has 244 valence electrons. The Hall–Kier alpha value is -3.00. The minimum atomic E-state index is -3.76. The molecule has 2 bridgehead atoms. The van der Waals surface area contributed by atoms with Gasteiger partial charge in [0.25, 0.3) is 5.91 Å². The Morgan fingerprint density at radius 2 is 1.51 bits per heavy atom. The molecule has 2 aromatic rings. The molecule has 3 aliphatic rings. The van der Waals surface area contributed by atoms with Gasteiger partial charge in [-0.25, -0.2) is 12.7 Å². The van der Waals surface area contributed by atoms with E-state index in [-0.39, 0.29) is 34.5 Å². The average Bonchev–Trinajstić information content (AvgIpc) is 3.46. The van der Waals surface area contributed by atoms with E-state index in [0.29, 0.717) is 24.5 Å². The first-order chi connectivity index (χ1) is 21.3. The third kappa shape index (κ3) is 6.91. The van der Waals surface area contributed by atoms with Crippen molar-refractivity contribution in [2.75, 3.05) is 5.75 Å². The number of ether oxygens (including phenoxy) is 1. The highest BCUT2D eigenvalue weighted by Gasteiger charge is 2.72. The average molecular weight is 635 g/mol. The fourth-order valence-electron chi connectivity index (χ4n) is 8.16. The zero-order chi connectivity index (χ0) is 32.5. The van der Waals surface area contributed by atoms with Gasteiger partial charge in [0.1, 0.15) is 11.6 Å². The number of benzene rings is 2. The van der Waals surface area contributed by atoms with E-state index in [0.717, 1.165) is 62.5 Å². The van der Waals surface area contributed by atoms with Gasteiger partial charge in [-0.05, 0) is 64.2 Å². The van der Waals surface area contributed by atoms with Crippen LogP contribution in [0.2, 0.25) is 0 Å². The monoisotopic (exact) mass is 634 g/mol. The second-order valence-corrected chi connectivity index (χ2v) is 16.7. The van der Waals surface area contributed by atoms with Gasteiger partial charge in [0.05, 0.1) is 17.5 Å². The van der Waals surface area contributed by atoms with Gasteiger partial charge in [0.2, 0.25) is 10.0 Å². The number of carbonyl (C=O) groups is 2. The minimum Gasteiger partial charge on any atom is -0.460 e. The van der Waals surface area contributed by atoms with Gasteiger partial charge in [-0.15, -0.1) is 0 Å². The summed E-state index contributed by atoms with van der Waals surface area (Å²) in [7, 11) is -3.76. The van der Waals surface area contributed by atoms with Crippen LogP contribution in [-0.2, 0) is 24.3 Å². The molecule has 2 aliphatic carbocycles. The van der Waals surface area contributed by atoms with E-state index in [2.05, 4.69) is 13.8 Å². The SMILES string of the molecule is CC(C)(C)OC(=O)CCCCCCC[C@H](N=C(c1ccccc1)c1ccccc1)C(=O)N1[C@@H]2C[C@H]3CC[C@]2(CS1(=O)=O)C3(C)C. The molecule has 2 saturated carbocycles. The van der Waals surface area contributed by atoms with E-state index in [1.807, 2.05) is 81.4 Å². The number of unbranched alkanes of at least 4 members (excludes halogenated alkanes) is 4. The lowest BCUT2D eigenvalue weighted by Crippen LogP contribution is -2.47. The van der Waals surface area contributed by atoms with E-state index in [1.54, 1.807) is 0 Å². The lowest BCUT2D eigenvalue weighted by molar-refractivity contribution is -0.155. The summed E-state index contributed by atoms with van der Waals surface area (Å²) in [6.07, 6.45) is 7.67. The zero-order valence-corrected chi connectivity index (χ0v) is 28.4. The Balaban J connectivity index is 1.36. The van der Waals surface area contributed by atoms with E-state index in [9.17, 15) is 18.0 Å². The van der Waals surface area contributed by atoms with Crippen molar-refractivity contribution in [3.8, 4) is 0 Å². The lowest BCUT2D eigenvalue weighted by Gasteiger charge is -2.37. The molecule has 1 aliphatic heterocycles. The van der Waals surface area contributed by atoms with E-state index >= 15 is 0 Å². The first-order valence-corrected chi connectivity index (χ1v) is 18.3. The molecule has 45 heavy (non-hydrogen) atoms. The van der Waals surface area contributed by atoms with Crippen LogP contribution >= 0.6 is 0 Å². The first-order valence-electron chi connectivity index (χ1n) is 16.7. The maximum absolute atomic E-state index is 14.5. The molecule has 1 spiro atoms. The fraction of sp³-hybridized carbons (Fsp3) is 0.595. The summed E-state index contributed by atoms with van der Waals surface area (Å²) in [6.45, 7) is 10.0. The van der Waals surface area contributed by atoms with Crippen LogP contribution in [0.1, 0.15) is 110 Å². The van der Waals surface area contributed by atoms with Gasteiger partial charge in [0.15, 0.2) is 0 Å². The molecule has 3 fully saturated rings. The smallest absolute Gasteiger partial charge is 0.306 e. The van der Waals surface area contributed by atoms with Crippen molar-refractivity contribution in [1.29, 1.82) is 0 Å². The summed E-state index contributed by atoms with van der Waals surface area (Å²) in [5, 5.41) is 0. The van der Waals surface area contributed by atoms with Crippen molar-refractivity contribution in [2.45, 2.75) is 117 Å². The number of aliphatic imine (C=N–C) groups is 1. The van der Waals surface area contributed by atoms with Crippen LogP contribution in [0.5, 0.6) is 0 Å². The third-order valence-electron chi connectivity index (χ3n) is 10.6. The molecular weight excluding hydrogens is 584 g/mol. The number of esters is 1. The van der Waals surface area contributed by atoms with E-state index in [4.69, 9.17) is 9.73 Å². The zero-order valence-electron chi connectivity index (χ0n) is 27.6. The second-order valence-electron chi connectivity index (χ2n) is 14.9. The fourth-order valence-corrected chi connectivity index (χ4v) is 10.7. The summed E-state index contributed by atoms with van der Waals surface area (Å²) in [4.78, 5) is 31.7. The minimum absolute atomic E-state index is 0.0538. The number of hydrogen-bond donors (Lipinski definition) is 0. The maximum Gasteiger partial charge on any atom is 0.306 e. The van der Waals surface area contributed by atoms with E-state index in [1.165, 1.54) is 4.31 Å². The lowest BCUT2D eigenvalue weighted by atomic mass is 9.69. The van der Waals surface area contributed by atoms with Crippen LogP contribution in [0.3, 0.4) is 0 Å². The predicted octanol–water partition coefficient (Wildman–Crippen LogP) is 7.33. The van der Waals surface area contributed by atoms with Gasteiger partial charge in [-0.2, -0.15) is 0 Å². The molecule has 4 atom stereocenters.